The third-order valence-electron chi connectivity index (χ3n) is 2.72. The Morgan fingerprint density at radius 3 is 2.62 bits per heavy atom. The van der Waals surface area contributed by atoms with Crippen molar-refractivity contribution >= 4 is 40.1 Å². The molecule has 1 atom stereocenters. The number of hydrogen-bond acceptors (Lipinski definition) is 3. The molecule has 0 aliphatic rings. The van der Waals surface area contributed by atoms with Gasteiger partial charge in [-0.2, -0.15) is 0 Å². The fourth-order valence-electron chi connectivity index (χ4n) is 1.49. The summed E-state index contributed by atoms with van der Waals surface area (Å²) in [5, 5.41) is 3.52. The van der Waals surface area contributed by atoms with Gasteiger partial charge in [0, 0.05) is 44.9 Å². The number of benzene rings is 1. The van der Waals surface area contributed by atoms with Crippen molar-refractivity contribution in [2.45, 2.75) is 36.8 Å². The summed E-state index contributed by atoms with van der Waals surface area (Å²) in [6.45, 7) is 6.26. The van der Waals surface area contributed by atoms with Gasteiger partial charge >= 0.3 is 0 Å². The highest BCUT2D eigenvalue weighted by Gasteiger charge is 2.18. The van der Waals surface area contributed by atoms with Crippen LogP contribution < -0.4 is 5.32 Å². The molecule has 3 nitrogen and oxygen atoms in total. The van der Waals surface area contributed by atoms with Gasteiger partial charge in [-0.3, -0.25) is 9.00 Å². The number of halogens is 1. The molecule has 1 rings (SSSR count). The maximum Gasteiger partial charge on any atom is 0.220 e. The third kappa shape index (κ3) is 7.34. The van der Waals surface area contributed by atoms with Crippen molar-refractivity contribution < 1.29 is 9.00 Å². The van der Waals surface area contributed by atoms with E-state index in [0.29, 0.717) is 29.5 Å². The highest BCUT2D eigenvalue weighted by molar-refractivity contribution is 7.99. The van der Waals surface area contributed by atoms with Crippen molar-refractivity contribution in [3.63, 3.8) is 0 Å². The Morgan fingerprint density at radius 2 is 2.00 bits per heavy atom. The highest BCUT2D eigenvalue weighted by Crippen LogP contribution is 2.26. The Hall–Kier alpha value is -0.520. The van der Waals surface area contributed by atoms with Gasteiger partial charge in [0.15, 0.2) is 0 Å². The monoisotopic (exact) mass is 347 g/mol. The van der Waals surface area contributed by atoms with E-state index in [9.17, 15) is 9.00 Å². The van der Waals surface area contributed by atoms with Crippen LogP contribution in [0.15, 0.2) is 29.2 Å². The fraction of sp³-hybridized carbons (Fsp3) is 0.533. The number of nitrogens with one attached hydrogen (secondary N) is 1. The molecule has 1 N–H and O–H groups in total. The number of rotatable bonds is 7. The van der Waals surface area contributed by atoms with E-state index in [2.05, 4.69) is 5.32 Å². The van der Waals surface area contributed by atoms with E-state index in [1.54, 1.807) is 11.8 Å². The zero-order valence-electron chi connectivity index (χ0n) is 12.6. The molecule has 21 heavy (non-hydrogen) atoms. The van der Waals surface area contributed by atoms with Gasteiger partial charge in [0.1, 0.15) is 0 Å². The lowest BCUT2D eigenvalue weighted by Gasteiger charge is -2.17. The van der Waals surface area contributed by atoms with Crippen LogP contribution in [0.2, 0.25) is 5.02 Å². The highest BCUT2D eigenvalue weighted by atomic mass is 35.5. The van der Waals surface area contributed by atoms with Crippen LogP contribution in [0.25, 0.3) is 0 Å². The maximum atomic E-state index is 11.8. The molecule has 1 aromatic rings. The Balaban J connectivity index is 2.20. The van der Waals surface area contributed by atoms with E-state index >= 15 is 0 Å². The lowest BCUT2D eigenvalue weighted by molar-refractivity contribution is -0.120. The van der Waals surface area contributed by atoms with Gasteiger partial charge in [-0.15, -0.1) is 11.8 Å². The summed E-state index contributed by atoms with van der Waals surface area (Å²) in [5.41, 5.74) is 0. The quantitative estimate of drug-likeness (QED) is 0.768. The van der Waals surface area contributed by atoms with Gasteiger partial charge in [-0.25, -0.2) is 0 Å². The van der Waals surface area contributed by atoms with E-state index in [1.807, 2.05) is 45.0 Å². The van der Waals surface area contributed by atoms with Gasteiger partial charge in [-0.1, -0.05) is 23.7 Å². The Labute approximate surface area is 138 Å². The molecule has 0 fully saturated rings. The van der Waals surface area contributed by atoms with Crippen LogP contribution in [0, 0.1) is 0 Å². The molecule has 0 aliphatic carbocycles. The van der Waals surface area contributed by atoms with Gasteiger partial charge in [0.2, 0.25) is 5.91 Å². The minimum absolute atomic E-state index is 0.0135. The lowest BCUT2D eigenvalue weighted by Crippen LogP contribution is -2.32. The van der Waals surface area contributed by atoms with Gasteiger partial charge < -0.3 is 5.32 Å². The standard InChI is InChI=1S/C15H22ClNO2S2/c1-15(2,3)21(19)11-9-17-14(18)8-10-20-13-7-5-4-6-12(13)16/h4-7H,8-11H2,1-3H3,(H,17,18). The Kier molecular flexibility index (Phi) is 7.77. The normalized spacial score (nSPS) is 13.0. The molecular weight excluding hydrogens is 326 g/mol. The Bertz CT molecular complexity index is 501. The summed E-state index contributed by atoms with van der Waals surface area (Å²) < 4.78 is 11.6. The zero-order valence-corrected chi connectivity index (χ0v) is 15.0. The minimum Gasteiger partial charge on any atom is -0.355 e. The molecule has 0 radical (unpaired) electrons. The van der Waals surface area contributed by atoms with Crippen LogP contribution in [-0.2, 0) is 15.6 Å². The molecule has 0 bridgehead atoms. The van der Waals surface area contributed by atoms with E-state index in [0.717, 1.165) is 4.90 Å². The molecule has 0 saturated carbocycles. The summed E-state index contributed by atoms with van der Waals surface area (Å²) >= 11 is 7.61. The van der Waals surface area contributed by atoms with Gasteiger partial charge in [0.05, 0.1) is 5.02 Å². The molecule has 118 valence electrons. The second-order valence-corrected chi connectivity index (χ2v) is 9.41. The maximum absolute atomic E-state index is 11.8. The van der Waals surface area contributed by atoms with E-state index in [4.69, 9.17) is 11.6 Å². The first-order chi connectivity index (χ1) is 9.80. The molecule has 1 amide bonds. The van der Waals surface area contributed by atoms with Gasteiger partial charge in [0.25, 0.3) is 0 Å². The third-order valence-corrected chi connectivity index (χ3v) is 6.17. The van der Waals surface area contributed by atoms with Gasteiger partial charge in [-0.05, 0) is 32.9 Å². The summed E-state index contributed by atoms with van der Waals surface area (Å²) in [5.74, 6) is 1.16. The average Bonchev–Trinajstić information content (AvgIpc) is 2.39. The Morgan fingerprint density at radius 1 is 1.33 bits per heavy atom. The molecule has 0 saturated heterocycles. The van der Waals surface area contributed by atoms with Crippen LogP contribution in [0.4, 0.5) is 0 Å². The van der Waals surface area contributed by atoms with Crippen LogP contribution in [0.3, 0.4) is 0 Å². The molecular formula is C15H22ClNO2S2. The zero-order chi connectivity index (χ0) is 15.9. The van der Waals surface area contributed by atoms with E-state index in [1.165, 1.54) is 0 Å². The van der Waals surface area contributed by atoms with Crippen molar-refractivity contribution in [3.05, 3.63) is 29.3 Å². The van der Waals surface area contributed by atoms with Crippen LogP contribution in [-0.4, -0.2) is 32.9 Å². The fourth-order valence-corrected chi connectivity index (χ4v) is 3.58. The largest absolute Gasteiger partial charge is 0.355 e. The van der Waals surface area contributed by atoms with Crippen molar-refractivity contribution in [2.75, 3.05) is 18.1 Å². The number of thioether (sulfide) groups is 1. The number of carbonyl (C=O) groups excluding carboxylic acids is 1. The smallest absolute Gasteiger partial charge is 0.220 e. The molecule has 0 aliphatic heterocycles. The first-order valence-corrected chi connectivity index (χ1v) is 9.51. The van der Waals surface area contributed by atoms with Crippen LogP contribution in [0.5, 0.6) is 0 Å². The summed E-state index contributed by atoms with van der Waals surface area (Å²) in [4.78, 5) is 12.7. The average molecular weight is 348 g/mol. The molecule has 6 heteroatoms. The van der Waals surface area contributed by atoms with Crippen molar-refractivity contribution in [3.8, 4) is 0 Å². The number of amides is 1. The summed E-state index contributed by atoms with van der Waals surface area (Å²) in [6, 6.07) is 7.59. The number of carbonyl (C=O) groups is 1. The molecule has 0 heterocycles. The van der Waals surface area contributed by atoms with E-state index in [-0.39, 0.29) is 10.7 Å². The predicted molar refractivity (Wildman–Crippen MR) is 92.6 cm³/mol. The first-order valence-electron chi connectivity index (χ1n) is 6.83. The van der Waals surface area contributed by atoms with Crippen LogP contribution >= 0.6 is 23.4 Å². The second-order valence-electron chi connectivity index (χ2n) is 5.54. The molecule has 0 spiro atoms. The van der Waals surface area contributed by atoms with Crippen molar-refractivity contribution in [2.24, 2.45) is 0 Å². The van der Waals surface area contributed by atoms with Crippen molar-refractivity contribution in [1.29, 1.82) is 0 Å². The topological polar surface area (TPSA) is 46.2 Å². The molecule has 1 aromatic carbocycles. The van der Waals surface area contributed by atoms with E-state index < -0.39 is 10.8 Å². The summed E-state index contributed by atoms with van der Waals surface area (Å²) in [7, 11) is -0.930. The van der Waals surface area contributed by atoms with Crippen LogP contribution in [0.1, 0.15) is 27.2 Å². The SMILES string of the molecule is CC(C)(C)S(=O)CCNC(=O)CCSc1ccccc1Cl. The minimum atomic E-state index is -0.930. The number of hydrogen-bond donors (Lipinski definition) is 1. The lowest BCUT2D eigenvalue weighted by atomic mass is 10.3. The molecule has 0 aromatic heterocycles. The summed E-state index contributed by atoms with van der Waals surface area (Å²) in [6.07, 6.45) is 0.429. The second kappa shape index (κ2) is 8.81. The first kappa shape index (κ1) is 18.5. The molecule has 1 unspecified atom stereocenters. The van der Waals surface area contributed by atoms with Crippen molar-refractivity contribution in [1.82, 2.24) is 5.32 Å². The predicted octanol–water partition coefficient (Wildman–Crippen LogP) is 3.49.